The number of anilines is 3. The number of aromatic nitrogens is 4. The highest BCUT2D eigenvalue weighted by Gasteiger charge is 2.39. The van der Waals surface area contributed by atoms with Crippen LogP contribution in [-0.2, 0) is 24.9 Å². The standard InChI is InChI=1S/C29H37N9O2/c1-35(2)14-8-13-26(39)32-23-11-7-12-25(15-23)38-27-22(16-30-28(34-27)33-24-17-31-36(3)20-24)19-37(29(38)40)18-21-9-5-4-6-10-21/h4-6,8-10,13,16-17,20,23,25H,7,11-12,14-15,18-19H2,1-3H3,(H,32,39)(H,30,33,34)/b13-8+. The third-order valence-electron chi connectivity index (χ3n) is 7.18. The third-order valence-corrected chi connectivity index (χ3v) is 7.18. The van der Waals surface area contributed by atoms with Crippen LogP contribution in [0, 0.1) is 0 Å². The molecule has 2 N–H and O–H groups in total. The SMILES string of the molecule is CN(C)C/C=C/C(=O)NC1CCCC(N2C(=O)N(Cc3ccccc3)Cc3cnc(Nc4cnn(C)c4)nc32)C1. The van der Waals surface area contributed by atoms with Crippen LogP contribution in [0.4, 0.5) is 22.2 Å². The summed E-state index contributed by atoms with van der Waals surface area (Å²) < 4.78 is 1.70. The molecule has 2 atom stereocenters. The van der Waals surface area contributed by atoms with Gasteiger partial charge in [0.2, 0.25) is 11.9 Å². The molecule has 5 rings (SSSR count). The van der Waals surface area contributed by atoms with Gasteiger partial charge in [-0.1, -0.05) is 36.4 Å². The highest BCUT2D eigenvalue weighted by atomic mass is 16.2. The number of likely N-dealkylation sites (N-methyl/N-ethyl adjacent to an activating group) is 1. The minimum atomic E-state index is -0.103. The van der Waals surface area contributed by atoms with Crippen molar-refractivity contribution in [2.24, 2.45) is 7.05 Å². The van der Waals surface area contributed by atoms with Crippen LogP contribution in [0.2, 0.25) is 0 Å². The van der Waals surface area contributed by atoms with E-state index < -0.39 is 0 Å². The molecule has 210 valence electrons. The van der Waals surface area contributed by atoms with Gasteiger partial charge in [-0.3, -0.25) is 14.4 Å². The maximum absolute atomic E-state index is 14.1. The maximum Gasteiger partial charge on any atom is 0.326 e. The zero-order chi connectivity index (χ0) is 28.1. The van der Waals surface area contributed by atoms with Crippen molar-refractivity contribution in [2.45, 2.75) is 50.9 Å². The van der Waals surface area contributed by atoms with Crippen LogP contribution in [0.1, 0.15) is 36.8 Å². The molecule has 3 amide bonds. The zero-order valence-corrected chi connectivity index (χ0v) is 23.3. The summed E-state index contributed by atoms with van der Waals surface area (Å²) in [6, 6.07) is 9.79. The Balaban J connectivity index is 1.39. The molecule has 40 heavy (non-hydrogen) atoms. The number of urea groups is 1. The number of carbonyl (C=O) groups excluding carboxylic acids is 2. The highest BCUT2D eigenvalue weighted by Crippen LogP contribution is 2.35. The number of benzene rings is 1. The molecule has 1 fully saturated rings. The largest absolute Gasteiger partial charge is 0.350 e. The summed E-state index contributed by atoms with van der Waals surface area (Å²) in [5, 5.41) is 10.5. The minimum absolute atomic E-state index is 0.0224. The summed E-state index contributed by atoms with van der Waals surface area (Å²) in [7, 11) is 5.77. The molecule has 3 aromatic rings. The second-order valence-electron chi connectivity index (χ2n) is 10.8. The van der Waals surface area contributed by atoms with E-state index in [-0.39, 0.29) is 24.0 Å². The molecule has 2 aliphatic rings. The Morgan fingerprint density at radius 3 is 2.75 bits per heavy atom. The lowest BCUT2D eigenvalue weighted by molar-refractivity contribution is -0.117. The zero-order valence-electron chi connectivity index (χ0n) is 23.3. The second kappa shape index (κ2) is 12.3. The van der Waals surface area contributed by atoms with Crippen LogP contribution >= 0.6 is 0 Å². The number of amides is 3. The average molecular weight is 544 g/mol. The number of hydrogen-bond donors (Lipinski definition) is 2. The Kier molecular flexibility index (Phi) is 8.40. The van der Waals surface area contributed by atoms with Crippen molar-refractivity contribution in [1.29, 1.82) is 0 Å². The molecule has 0 saturated heterocycles. The molecular formula is C29H37N9O2. The van der Waals surface area contributed by atoms with Crippen molar-refractivity contribution in [3.63, 3.8) is 0 Å². The first kappa shape index (κ1) is 27.3. The molecule has 11 nitrogen and oxygen atoms in total. The smallest absolute Gasteiger partial charge is 0.326 e. The number of nitrogens with one attached hydrogen (secondary N) is 2. The third kappa shape index (κ3) is 6.66. The van der Waals surface area contributed by atoms with Gasteiger partial charge in [0.05, 0.1) is 18.4 Å². The summed E-state index contributed by atoms with van der Waals surface area (Å²) in [5.74, 6) is 0.931. The second-order valence-corrected chi connectivity index (χ2v) is 10.8. The summed E-state index contributed by atoms with van der Waals surface area (Å²) >= 11 is 0. The van der Waals surface area contributed by atoms with Crippen molar-refractivity contribution >= 4 is 29.4 Å². The summed E-state index contributed by atoms with van der Waals surface area (Å²) in [4.78, 5) is 41.7. The van der Waals surface area contributed by atoms with E-state index in [0.29, 0.717) is 37.8 Å². The Bertz CT molecular complexity index is 1350. The van der Waals surface area contributed by atoms with E-state index in [1.807, 2.05) is 78.4 Å². The molecule has 2 aromatic heterocycles. The minimum Gasteiger partial charge on any atom is -0.350 e. The number of nitrogens with zero attached hydrogens (tertiary/aromatic N) is 7. The van der Waals surface area contributed by atoms with Gasteiger partial charge in [0.15, 0.2) is 0 Å². The van der Waals surface area contributed by atoms with Crippen LogP contribution in [-0.4, -0.2) is 74.2 Å². The Hall–Kier alpha value is -4.25. The van der Waals surface area contributed by atoms with Crippen LogP contribution < -0.4 is 15.5 Å². The predicted octanol–water partition coefficient (Wildman–Crippen LogP) is 3.44. The number of hydrogen-bond acceptors (Lipinski definition) is 7. The van der Waals surface area contributed by atoms with E-state index >= 15 is 0 Å². The molecule has 1 aliphatic carbocycles. The van der Waals surface area contributed by atoms with Gasteiger partial charge in [-0.2, -0.15) is 10.1 Å². The predicted molar refractivity (Wildman–Crippen MR) is 154 cm³/mol. The van der Waals surface area contributed by atoms with Crippen molar-refractivity contribution in [1.82, 2.24) is 34.9 Å². The maximum atomic E-state index is 14.1. The van der Waals surface area contributed by atoms with Gasteiger partial charge in [0.25, 0.3) is 0 Å². The molecule has 1 saturated carbocycles. The van der Waals surface area contributed by atoms with Gasteiger partial charge in [-0.25, -0.2) is 9.78 Å². The van der Waals surface area contributed by atoms with E-state index in [1.54, 1.807) is 23.2 Å². The van der Waals surface area contributed by atoms with Gasteiger partial charge in [-0.15, -0.1) is 0 Å². The normalized spacial score (nSPS) is 19.2. The molecular weight excluding hydrogens is 506 g/mol. The molecule has 1 aromatic carbocycles. The van der Waals surface area contributed by atoms with E-state index in [1.165, 1.54) is 0 Å². The first-order valence-corrected chi connectivity index (χ1v) is 13.7. The van der Waals surface area contributed by atoms with Crippen LogP contribution in [0.25, 0.3) is 0 Å². The molecule has 0 spiro atoms. The quantitative estimate of drug-likeness (QED) is 0.398. The van der Waals surface area contributed by atoms with Crippen LogP contribution in [0.5, 0.6) is 0 Å². The lowest BCUT2D eigenvalue weighted by atomic mass is 9.89. The van der Waals surface area contributed by atoms with Crippen molar-refractivity contribution in [2.75, 3.05) is 30.9 Å². The molecule has 3 heterocycles. The Morgan fingerprint density at radius 1 is 1.18 bits per heavy atom. The first-order valence-electron chi connectivity index (χ1n) is 13.7. The number of fused-ring (bicyclic) bond motifs is 1. The fraction of sp³-hybridized carbons (Fsp3) is 0.414. The van der Waals surface area contributed by atoms with Crippen molar-refractivity contribution < 1.29 is 9.59 Å². The average Bonchev–Trinajstić information content (AvgIpc) is 3.34. The van der Waals surface area contributed by atoms with Crippen molar-refractivity contribution in [3.8, 4) is 0 Å². The summed E-state index contributed by atoms with van der Waals surface area (Å²) in [6.07, 6.45) is 12.1. The van der Waals surface area contributed by atoms with Gasteiger partial charge >= 0.3 is 6.03 Å². The Labute approximate surface area is 234 Å². The molecule has 11 heteroatoms. The van der Waals surface area contributed by atoms with E-state index in [4.69, 9.17) is 4.98 Å². The number of rotatable bonds is 9. The van der Waals surface area contributed by atoms with Crippen LogP contribution in [0.3, 0.4) is 0 Å². The Morgan fingerprint density at radius 2 is 2.00 bits per heavy atom. The van der Waals surface area contributed by atoms with E-state index in [9.17, 15) is 9.59 Å². The number of carbonyl (C=O) groups is 2. The van der Waals surface area contributed by atoms with Crippen LogP contribution in [0.15, 0.2) is 61.1 Å². The van der Waals surface area contributed by atoms with E-state index in [2.05, 4.69) is 20.7 Å². The molecule has 2 unspecified atom stereocenters. The first-order chi connectivity index (χ1) is 19.4. The topological polar surface area (TPSA) is 112 Å². The molecule has 0 bridgehead atoms. The number of aryl methyl sites for hydroxylation is 1. The highest BCUT2D eigenvalue weighted by molar-refractivity contribution is 5.94. The van der Waals surface area contributed by atoms with Crippen molar-refractivity contribution in [3.05, 3.63) is 72.2 Å². The molecule has 1 aliphatic heterocycles. The lowest BCUT2D eigenvalue weighted by Crippen LogP contribution is -2.54. The summed E-state index contributed by atoms with van der Waals surface area (Å²) in [5.41, 5.74) is 2.72. The van der Waals surface area contributed by atoms with Gasteiger partial charge in [0, 0.05) is 56.3 Å². The molecule has 0 radical (unpaired) electrons. The van der Waals surface area contributed by atoms with Gasteiger partial charge in [-0.05, 0) is 45.3 Å². The fourth-order valence-corrected chi connectivity index (χ4v) is 5.32. The van der Waals surface area contributed by atoms with E-state index in [0.717, 1.165) is 36.1 Å². The monoisotopic (exact) mass is 543 g/mol. The lowest BCUT2D eigenvalue weighted by Gasteiger charge is -2.43. The van der Waals surface area contributed by atoms with Gasteiger partial charge < -0.3 is 20.4 Å². The summed E-state index contributed by atoms with van der Waals surface area (Å²) in [6.45, 7) is 1.62. The fourth-order valence-electron chi connectivity index (χ4n) is 5.32. The van der Waals surface area contributed by atoms with Gasteiger partial charge in [0.1, 0.15) is 5.82 Å².